The quantitative estimate of drug-likeness (QED) is 0.825. The number of rotatable bonds is 4. The van der Waals surface area contributed by atoms with Crippen LogP contribution in [0.2, 0.25) is 0 Å². The number of anilines is 1. The van der Waals surface area contributed by atoms with Crippen molar-refractivity contribution in [1.29, 1.82) is 0 Å². The van der Waals surface area contributed by atoms with Crippen LogP contribution in [-0.4, -0.2) is 31.0 Å². The van der Waals surface area contributed by atoms with Gasteiger partial charge in [0.05, 0.1) is 5.69 Å². The third-order valence-corrected chi connectivity index (χ3v) is 2.82. The Morgan fingerprint density at radius 1 is 1.53 bits per heavy atom. The lowest BCUT2D eigenvalue weighted by Crippen LogP contribution is -2.48. The molecular formula is C14H16N2O3. The molecule has 1 atom stereocenters. The van der Waals surface area contributed by atoms with Crippen molar-refractivity contribution in [3.8, 4) is 5.75 Å². The largest absolute Gasteiger partial charge is 0.479 e. The molecule has 0 bridgehead atoms. The summed E-state index contributed by atoms with van der Waals surface area (Å²) >= 11 is 0. The van der Waals surface area contributed by atoms with Crippen molar-refractivity contribution >= 4 is 17.5 Å². The molecule has 0 unspecified atom stereocenters. The van der Waals surface area contributed by atoms with E-state index in [0.29, 0.717) is 18.0 Å². The summed E-state index contributed by atoms with van der Waals surface area (Å²) in [6.45, 7) is 5.57. The van der Waals surface area contributed by atoms with E-state index in [-0.39, 0.29) is 18.4 Å². The molecule has 2 amide bonds. The molecule has 5 heteroatoms. The average Bonchev–Trinajstić information content (AvgIpc) is 2.41. The molecule has 1 aromatic carbocycles. The Morgan fingerprint density at radius 2 is 2.26 bits per heavy atom. The molecule has 0 saturated carbocycles. The molecule has 0 aliphatic carbocycles. The Labute approximate surface area is 111 Å². The zero-order valence-corrected chi connectivity index (χ0v) is 10.8. The second-order valence-electron chi connectivity index (χ2n) is 4.24. The summed E-state index contributed by atoms with van der Waals surface area (Å²) in [7, 11) is 0. The van der Waals surface area contributed by atoms with E-state index in [1.807, 2.05) is 6.07 Å². The third kappa shape index (κ3) is 2.76. The lowest BCUT2D eigenvalue weighted by Gasteiger charge is -2.32. The summed E-state index contributed by atoms with van der Waals surface area (Å²) < 4.78 is 5.50. The van der Waals surface area contributed by atoms with Gasteiger partial charge in [0.1, 0.15) is 12.3 Å². The van der Waals surface area contributed by atoms with Crippen LogP contribution in [0.1, 0.15) is 6.92 Å². The van der Waals surface area contributed by atoms with Crippen molar-refractivity contribution in [2.45, 2.75) is 13.0 Å². The first-order chi connectivity index (χ1) is 9.13. The minimum Gasteiger partial charge on any atom is -0.479 e. The van der Waals surface area contributed by atoms with E-state index in [9.17, 15) is 9.59 Å². The topological polar surface area (TPSA) is 58.6 Å². The van der Waals surface area contributed by atoms with E-state index < -0.39 is 6.10 Å². The number of nitrogens with one attached hydrogen (secondary N) is 1. The van der Waals surface area contributed by atoms with Crippen molar-refractivity contribution in [2.75, 3.05) is 18.0 Å². The summed E-state index contributed by atoms with van der Waals surface area (Å²) in [5, 5.41) is 2.65. The molecule has 0 fully saturated rings. The fourth-order valence-corrected chi connectivity index (χ4v) is 1.91. The van der Waals surface area contributed by atoms with Crippen LogP contribution in [-0.2, 0) is 9.59 Å². The van der Waals surface area contributed by atoms with Crippen LogP contribution < -0.4 is 15.0 Å². The fraction of sp³-hybridized carbons (Fsp3) is 0.286. The maximum absolute atomic E-state index is 12.1. The number of nitrogens with zero attached hydrogens (tertiary/aromatic N) is 1. The van der Waals surface area contributed by atoms with Crippen molar-refractivity contribution in [3.63, 3.8) is 0 Å². The van der Waals surface area contributed by atoms with E-state index in [2.05, 4.69) is 11.9 Å². The summed E-state index contributed by atoms with van der Waals surface area (Å²) in [6, 6.07) is 7.18. The van der Waals surface area contributed by atoms with Gasteiger partial charge in [-0.05, 0) is 19.1 Å². The van der Waals surface area contributed by atoms with Crippen LogP contribution in [0.15, 0.2) is 36.9 Å². The van der Waals surface area contributed by atoms with Gasteiger partial charge in [0.25, 0.3) is 5.91 Å². The SMILES string of the molecule is C=CCNC(=O)CN1C(=O)[C@@H](C)Oc2ccccc21. The maximum atomic E-state index is 12.1. The Morgan fingerprint density at radius 3 is 3.00 bits per heavy atom. The van der Waals surface area contributed by atoms with Crippen molar-refractivity contribution in [2.24, 2.45) is 0 Å². The Balaban J connectivity index is 2.20. The van der Waals surface area contributed by atoms with Gasteiger partial charge in [-0.1, -0.05) is 18.2 Å². The van der Waals surface area contributed by atoms with Gasteiger partial charge in [0, 0.05) is 6.54 Å². The smallest absolute Gasteiger partial charge is 0.268 e. The highest BCUT2D eigenvalue weighted by atomic mass is 16.5. The van der Waals surface area contributed by atoms with Gasteiger partial charge in [-0.25, -0.2) is 0 Å². The summed E-state index contributed by atoms with van der Waals surface area (Å²) in [5.74, 6) is 0.177. The predicted octanol–water partition coefficient (Wildman–Crippen LogP) is 1.10. The number of amides is 2. The van der Waals surface area contributed by atoms with E-state index in [0.717, 1.165) is 0 Å². The first-order valence-corrected chi connectivity index (χ1v) is 6.08. The molecule has 5 nitrogen and oxygen atoms in total. The van der Waals surface area contributed by atoms with Gasteiger partial charge in [0.2, 0.25) is 5.91 Å². The van der Waals surface area contributed by atoms with Crippen LogP contribution in [0.3, 0.4) is 0 Å². The van der Waals surface area contributed by atoms with Crippen LogP contribution in [0, 0.1) is 0 Å². The molecule has 0 spiro atoms. The minimum atomic E-state index is -0.581. The molecule has 1 aromatic rings. The van der Waals surface area contributed by atoms with E-state index >= 15 is 0 Å². The van der Waals surface area contributed by atoms with Crippen LogP contribution in [0.25, 0.3) is 0 Å². The van der Waals surface area contributed by atoms with Gasteiger partial charge in [-0.3, -0.25) is 14.5 Å². The number of benzene rings is 1. The van der Waals surface area contributed by atoms with Gasteiger partial charge < -0.3 is 10.1 Å². The second-order valence-corrected chi connectivity index (χ2v) is 4.24. The third-order valence-electron chi connectivity index (χ3n) is 2.82. The molecule has 0 aromatic heterocycles. The van der Waals surface area contributed by atoms with Crippen molar-refractivity contribution < 1.29 is 14.3 Å². The molecule has 1 aliphatic rings. The highest BCUT2D eigenvalue weighted by Crippen LogP contribution is 2.33. The number of ether oxygens (including phenoxy) is 1. The summed E-state index contributed by atoms with van der Waals surface area (Å²) in [6.07, 6.45) is 1.01. The van der Waals surface area contributed by atoms with Crippen LogP contribution in [0.4, 0.5) is 5.69 Å². The zero-order chi connectivity index (χ0) is 13.8. The van der Waals surface area contributed by atoms with Crippen molar-refractivity contribution in [3.05, 3.63) is 36.9 Å². The van der Waals surface area contributed by atoms with Gasteiger partial charge in [-0.2, -0.15) is 0 Å². The zero-order valence-electron chi connectivity index (χ0n) is 10.8. The number of carbonyl (C=O) groups excluding carboxylic acids is 2. The Kier molecular flexibility index (Phi) is 3.85. The van der Waals surface area contributed by atoms with Gasteiger partial charge in [0.15, 0.2) is 6.10 Å². The molecule has 1 heterocycles. The monoisotopic (exact) mass is 260 g/mol. The Hall–Kier alpha value is -2.30. The number of hydrogen-bond acceptors (Lipinski definition) is 3. The standard InChI is InChI=1S/C14H16N2O3/c1-3-8-15-13(17)9-16-11-6-4-5-7-12(11)19-10(2)14(16)18/h3-7,10H,1,8-9H2,2H3,(H,15,17)/t10-/m1/s1. The Bertz CT molecular complexity index is 513. The van der Waals surface area contributed by atoms with Crippen LogP contribution in [0.5, 0.6) is 5.75 Å². The molecule has 19 heavy (non-hydrogen) atoms. The van der Waals surface area contributed by atoms with Crippen LogP contribution >= 0.6 is 0 Å². The molecule has 100 valence electrons. The molecule has 2 rings (SSSR count). The highest BCUT2D eigenvalue weighted by molar-refractivity contribution is 6.03. The minimum absolute atomic E-state index is 0.0165. The predicted molar refractivity (Wildman–Crippen MR) is 72.1 cm³/mol. The van der Waals surface area contributed by atoms with Crippen molar-refractivity contribution in [1.82, 2.24) is 5.32 Å². The number of hydrogen-bond donors (Lipinski definition) is 1. The maximum Gasteiger partial charge on any atom is 0.268 e. The number of fused-ring (bicyclic) bond motifs is 1. The normalized spacial score (nSPS) is 17.4. The molecular weight excluding hydrogens is 244 g/mol. The second kappa shape index (κ2) is 5.56. The van der Waals surface area contributed by atoms with E-state index in [1.54, 1.807) is 31.2 Å². The first kappa shape index (κ1) is 13.1. The van der Waals surface area contributed by atoms with Gasteiger partial charge >= 0.3 is 0 Å². The van der Waals surface area contributed by atoms with E-state index in [4.69, 9.17) is 4.74 Å². The van der Waals surface area contributed by atoms with E-state index in [1.165, 1.54) is 4.90 Å². The average molecular weight is 260 g/mol. The lowest BCUT2D eigenvalue weighted by atomic mass is 10.2. The highest BCUT2D eigenvalue weighted by Gasteiger charge is 2.32. The summed E-state index contributed by atoms with van der Waals surface area (Å²) in [5.41, 5.74) is 0.624. The number of carbonyl (C=O) groups is 2. The molecule has 0 radical (unpaired) electrons. The van der Waals surface area contributed by atoms with Gasteiger partial charge in [-0.15, -0.1) is 6.58 Å². The molecule has 0 saturated heterocycles. The fourth-order valence-electron chi connectivity index (χ4n) is 1.91. The molecule has 1 N–H and O–H groups in total. The first-order valence-electron chi connectivity index (χ1n) is 6.08. The molecule has 1 aliphatic heterocycles. The summed E-state index contributed by atoms with van der Waals surface area (Å²) in [4.78, 5) is 25.3. The number of para-hydroxylation sites is 2. The lowest BCUT2D eigenvalue weighted by molar-refractivity contribution is -0.128.